The maximum Gasteiger partial charge on any atom is 0.407 e. The van der Waals surface area contributed by atoms with Crippen molar-refractivity contribution in [3.05, 3.63) is 59.7 Å². The number of rotatable bonds is 5. The number of nitrogens with zero attached hydrogens (tertiary/aromatic N) is 1. The van der Waals surface area contributed by atoms with Crippen LogP contribution in [0.25, 0.3) is 11.1 Å². The number of likely N-dealkylation sites (tertiary alicyclic amines) is 1. The van der Waals surface area contributed by atoms with E-state index >= 15 is 0 Å². The van der Waals surface area contributed by atoms with E-state index in [0.717, 1.165) is 11.1 Å². The van der Waals surface area contributed by atoms with E-state index in [4.69, 9.17) is 4.74 Å². The molecule has 4 aliphatic rings. The zero-order valence-electron chi connectivity index (χ0n) is 19.2. The molecule has 35 heavy (non-hydrogen) atoms. The van der Waals surface area contributed by atoms with Gasteiger partial charge in [0, 0.05) is 24.9 Å². The highest BCUT2D eigenvalue weighted by atomic mass is 16.5. The molecule has 0 bridgehead atoms. The first-order chi connectivity index (χ1) is 16.9. The van der Waals surface area contributed by atoms with E-state index in [0.29, 0.717) is 19.3 Å². The number of aliphatic carboxylic acids is 1. The molecule has 3 N–H and O–H groups in total. The number of benzene rings is 2. The predicted octanol–water partition coefficient (Wildman–Crippen LogP) is 2.74. The van der Waals surface area contributed by atoms with Gasteiger partial charge >= 0.3 is 12.1 Å². The second-order valence-electron chi connectivity index (χ2n) is 10.4. The smallest absolute Gasteiger partial charge is 0.407 e. The first-order valence-electron chi connectivity index (χ1n) is 12.2. The molecule has 0 radical (unpaired) electrons. The Morgan fingerprint density at radius 3 is 2.31 bits per heavy atom. The van der Waals surface area contributed by atoms with Gasteiger partial charge < -0.3 is 25.2 Å². The summed E-state index contributed by atoms with van der Waals surface area (Å²) >= 11 is 0. The normalized spacial score (nSPS) is 30.4. The quantitative estimate of drug-likeness (QED) is 0.611. The van der Waals surface area contributed by atoms with Crippen molar-refractivity contribution >= 4 is 18.0 Å². The van der Waals surface area contributed by atoms with Gasteiger partial charge in [-0.15, -0.1) is 0 Å². The molecule has 2 amide bonds. The van der Waals surface area contributed by atoms with Gasteiger partial charge in [-0.3, -0.25) is 4.79 Å². The minimum atomic E-state index is -1.09. The highest BCUT2D eigenvalue weighted by Crippen LogP contribution is 2.64. The van der Waals surface area contributed by atoms with Crippen LogP contribution >= 0.6 is 0 Å². The van der Waals surface area contributed by atoms with Crippen molar-refractivity contribution in [3.8, 4) is 11.1 Å². The average Bonchev–Trinajstić information content (AvgIpc) is 3.13. The van der Waals surface area contributed by atoms with E-state index in [1.807, 2.05) is 24.3 Å². The van der Waals surface area contributed by atoms with Gasteiger partial charge in [0.25, 0.3) is 0 Å². The van der Waals surface area contributed by atoms with Crippen LogP contribution in [0.2, 0.25) is 0 Å². The largest absolute Gasteiger partial charge is 0.480 e. The number of carboxylic acid groups (broad SMARTS) is 1. The van der Waals surface area contributed by atoms with Crippen molar-refractivity contribution in [3.63, 3.8) is 0 Å². The first kappa shape index (κ1) is 22.1. The molecule has 182 valence electrons. The molecule has 1 heterocycles. The monoisotopic (exact) mass is 476 g/mol. The molecule has 5 atom stereocenters. The van der Waals surface area contributed by atoms with Crippen LogP contribution in [0.4, 0.5) is 4.79 Å². The number of ether oxygens (including phenoxy) is 1. The summed E-state index contributed by atoms with van der Waals surface area (Å²) in [5, 5.41) is 22.3. The summed E-state index contributed by atoms with van der Waals surface area (Å²) < 4.78 is 5.65. The Bertz CT molecular complexity index is 1170. The van der Waals surface area contributed by atoms with Crippen molar-refractivity contribution in [2.75, 3.05) is 13.2 Å². The summed E-state index contributed by atoms with van der Waals surface area (Å²) in [6.45, 7) is 0.279. The second-order valence-corrected chi connectivity index (χ2v) is 10.4. The molecule has 0 unspecified atom stereocenters. The number of carboxylic acids is 1. The number of β-amino-alcohol motifs (C(OH)–C–C–N with tert-alkyl or cyclic N) is 1. The van der Waals surface area contributed by atoms with Crippen LogP contribution in [0.5, 0.6) is 0 Å². The van der Waals surface area contributed by atoms with Gasteiger partial charge in [-0.1, -0.05) is 48.5 Å². The van der Waals surface area contributed by atoms with Gasteiger partial charge in [-0.2, -0.15) is 0 Å². The number of aliphatic hydroxyl groups excluding tert-OH is 1. The highest BCUT2D eigenvalue weighted by Gasteiger charge is 2.67. The fourth-order valence-electron chi connectivity index (χ4n) is 6.63. The fraction of sp³-hybridized carbons (Fsp3) is 0.444. The number of nitrogens with one attached hydrogen (secondary N) is 1. The van der Waals surface area contributed by atoms with Gasteiger partial charge in [-0.25, -0.2) is 9.59 Å². The molecule has 0 spiro atoms. The molecule has 8 heteroatoms. The second kappa shape index (κ2) is 8.09. The zero-order valence-corrected chi connectivity index (χ0v) is 19.2. The molecule has 2 aromatic rings. The minimum Gasteiger partial charge on any atom is -0.480 e. The predicted molar refractivity (Wildman–Crippen MR) is 126 cm³/mol. The van der Waals surface area contributed by atoms with E-state index in [9.17, 15) is 24.6 Å². The third kappa shape index (κ3) is 3.58. The maximum absolute atomic E-state index is 13.2. The number of amides is 2. The summed E-state index contributed by atoms with van der Waals surface area (Å²) in [6.07, 6.45) is 0.589. The summed E-state index contributed by atoms with van der Waals surface area (Å²) in [7, 11) is 0. The molecule has 2 saturated carbocycles. The first-order valence-corrected chi connectivity index (χ1v) is 12.2. The molecule has 3 aliphatic carbocycles. The SMILES string of the molecule is O=C(N[C@@H]1C[C@H]2C[C@@]2(C(=O)N2C[C@H](O)C[C@H]2C(=O)O)C1)OCC1c2ccccc2-c2ccccc21. The van der Waals surface area contributed by atoms with Crippen LogP contribution in [0.15, 0.2) is 48.5 Å². The Labute approximate surface area is 202 Å². The van der Waals surface area contributed by atoms with Gasteiger partial charge in [0.2, 0.25) is 5.91 Å². The average molecular weight is 477 g/mol. The number of hydrogen-bond acceptors (Lipinski definition) is 5. The number of carbonyl (C=O) groups is 3. The van der Waals surface area contributed by atoms with E-state index in [1.54, 1.807) is 0 Å². The number of aliphatic hydroxyl groups is 1. The Morgan fingerprint density at radius 2 is 1.66 bits per heavy atom. The summed E-state index contributed by atoms with van der Waals surface area (Å²) in [5.74, 6) is -1.19. The van der Waals surface area contributed by atoms with Gasteiger partial charge in [0.15, 0.2) is 0 Å². The third-order valence-electron chi connectivity index (χ3n) is 8.33. The molecule has 1 aliphatic heterocycles. The Kier molecular flexibility index (Phi) is 5.11. The lowest BCUT2D eigenvalue weighted by molar-refractivity contribution is -0.150. The molecule has 3 fully saturated rings. The van der Waals surface area contributed by atoms with Gasteiger partial charge in [0.05, 0.1) is 11.5 Å². The van der Waals surface area contributed by atoms with Crippen LogP contribution in [0, 0.1) is 11.3 Å². The van der Waals surface area contributed by atoms with Crippen molar-refractivity contribution in [2.24, 2.45) is 11.3 Å². The molecule has 6 rings (SSSR count). The van der Waals surface area contributed by atoms with Crippen molar-refractivity contribution < 1.29 is 29.3 Å². The van der Waals surface area contributed by atoms with Crippen LogP contribution in [0.3, 0.4) is 0 Å². The lowest BCUT2D eigenvalue weighted by atomic mass is 9.98. The van der Waals surface area contributed by atoms with Crippen LogP contribution in [-0.2, 0) is 14.3 Å². The minimum absolute atomic E-state index is 0.0207. The topological polar surface area (TPSA) is 116 Å². The molecule has 0 aromatic heterocycles. The Hall–Kier alpha value is -3.39. The summed E-state index contributed by atoms with van der Waals surface area (Å²) in [5.41, 5.74) is 4.00. The number of hydrogen-bond donors (Lipinski definition) is 3. The van der Waals surface area contributed by atoms with Crippen molar-refractivity contribution in [1.29, 1.82) is 0 Å². The van der Waals surface area contributed by atoms with E-state index in [-0.39, 0.29) is 43.4 Å². The van der Waals surface area contributed by atoms with E-state index in [2.05, 4.69) is 29.6 Å². The van der Waals surface area contributed by atoms with Gasteiger partial charge in [-0.05, 0) is 47.4 Å². The third-order valence-corrected chi connectivity index (χ3v) is 8.33. The van der Waals surface area contributed by atoms with Crippen LogP contribution in [0.1, 0.15) is 42.7 Å². The molecule has 8 nitrogen and oxygen atoms in total. The highest BCUT2D eigenvalue weighted by molar-refractivity contribution is 5.91. The molecular weight excluding hydrogens is 448 g/mol. The van der Waals surface area contributed by atoms with E-state index < -0.39 is 29.6 Å². The zero-order chi connectivity index (χ0) is 24.3. The number of carbonyl (C=O) groups excluding carboxylic acids is 2. The van der Waals surface area contributed by atoms with Crippen molar-refractivity contribution in [2.45, 2.75) is 49.8 Å². The maximum atomic E-state index is 13.2. The molecular formula is C27H28N2O6. The Morgan fingerprint density at radius 1 is 1.00 bits per heavy atom. The van der Waals surface area contributed by atoms with E-state index in [1.165, 1.54) is 16.0 Å². The summed E-state index contributed by atoms with van der Waals surface area (Å²) in [4.78, 5) is 38.8. The molecule has 1 saturated heterocycles. The Balaban J connectivity index is 1.08. The lowest BCUT2D eigenvalue weighted by Gasteiger charge is -2.26. The summed E-state index contributed by atoms with van der Waals surface area (Å²) in [6, 6.07) is 15.1. The van der Waals surface area contributed by atoms with Crippen LogP contribution in [-0.4, -0.2) is 64.4 Å². The standard InChI is InChI=1S/C27H28N2O6/c30-17-10-23(24(31)32)29(13-17)25(33)27-11-15(27)9-16(12-27)28-26(34)35-14-22-20-7-3-1-5-18(20)19-6-2-4-8-21(19)22/h1-8,15-17,22-23,30H,9-14H2,(H,28,34)(H,31,32)/t15-,16+,17+,23-,27+/m0/s1. The molecule has 2 aromatic carbocycles. The lowest BCUT2D eigenvalue weighted by Crippen LogP contribution is -2.45. The number of alkyl carbamates (subject to hydrolysis) is 1. The van der Waals surface area contributed by atoms with Crippen LogP contribution < -0.4 is 5.32 Å². The number of fused-ring (bicyclic) bond motifs is 4. The van der Waals surface area contributed by atoms with Crippen molar-refractivity contribution in [1.82, 2.24) is 10.2 Å². The fourth-order valence-corrected chi connectivity index (χ4v) is 6.63. The van der Waals surface area contributed by atoms with Gasteiger partial charge in [0.1, 0.15) is 12.6 Å².